The lowest BCUT2D eigenvalue weighted by molar-refractivity contribution is 0.102. The Morgan fingerprint density at radius 3 is 2.37 bits per heavy atom. The lowest BCUT2D eigenvalue weighted by Gasteiger charge is -2.15. The van der Waals surface area contributed by atoms with Gasteiger partial charge in [-0.05, 0) is 55.3 Å². The largest absolute Gasteiger partial charge is 0.306 e. The number of nitrogens with zero attached hydrogens (tertiary/aromatic N) is 2. The molecule has 0 fully saturated rings. The van der Waals surface area contributed by atoms with Crippen molar-refractivity contribution in [2.24, 2.45) is 0 Å². The average Bonchev–Trinajstić information content (AvgIpc) is 3.02. The van der Waals surface area contributed by atoms with Gasteiger partial charge in [-0.25, -0.2) is 9.07 Å². The maximum Gasteiger partial charge on any atom is 0.256 e. The van der Waals surface area contributed by atoms with Gasteiger partial charge < -0.3 is 5.32 Å². The van der Waals surface area contributed by atoms with Crippen LogP contribution in [0.15, 0.2) is 48.5 Å². The number of benzene rings is 2. The topological polar surface area (TPSA) is 46.9 Å². The van der Waals surface area contributed by atoms with Crippen LogP contribution in [-0.2, 0) is 5.41 Å². The second kappa shape index (κ2) is 6.99. The van der Waals surface area contributed by atoms with Crippen molar-refractivity contribution in [2.75, 3.05) is 5.32 Å². The number of rotatable bonds is 3. The molecular formula is C22H24FN3O. The van der Waals surface area contributed by atoms with Crippen LogP contribution < -0.4 is 5.32 Å². The number of carbonyl (C=O) groups is 1. The number of hydrogen-bond acceptors (Lipinski definition) is 2. The second-order valence-electron chi connectivity index (χ2n) is 7.76. The minimum atomic E-state index is -0.373. The first-order valence-electron chi connectivity index (χ1n) is 8.91. The lowest BCUT2D eigenvalue weighted by atomic mass is 9.92. The summed E-state index contributed by atoms with van der Waals surface area (Å²) in [5, 5.41) is 7.68. The molecule has 2 aromatic carbocycles. The molecule has 0 unspecified atom stereocenters. The van der Waals surface area contributed by atoms with E-state index in [1.165, 1.54) is 24.3 Å². The molecule has 1 aromatic heterocycles. The van der Waals surface area contributed by atoms with E-state index in [9.17, 15) is 9.18 Å². The number of halogens is 1. The minimum absolute atomic E-state index is 0.168. The number of nitrogens with one attached hydrogen (secondary N) is 1. The molecule has 0 aliphatic rings. The van der Waals surface area contributed by atoms with Crippen LogP contribution in [0.1, 0.15) is 48.0 Å². The fraction of sp³-hybridized carbons (Fsp3) is 0.273. The zero-order chi connectivity index (χ0) is 19.8. The summed E-state index contributed by atoms with van der Waals surface area (Å²) < 4.78 is 14.9. The van der Waals surface area contributed by atoms with Gasteiger partial charge in [-0.2, -0.15) is 5.10 Å². The molecule has 1 heterocycles. The molecule has 0 saturated heterocycles. The molecule has 4 nitrogen and oxygen atoms in total. The van der Waals surface area contributed by atoms with Gasteiger partial charge in [0, 0.05) is 17.0 Å². The Labute approximate surface area is 159 Å². The molecule has 140 valence electrons. The Morgan fingerprint density at radius 2 is 1.74 bits per heavy atom. The van der Waals surface area contributed by atoms with E-state index in [1.807, 2.05) is 38.1 Å². The highest BCUT2D eigenvalue weighted by atomic mass is 19.1. The fourth-order valence-electron chi connectivity index (χ4n) is 2.78. The molecule has 1 amide bonds. The predicted molar refractivity (Wildman–Crippen MR) is 106 cm³/mol. The van der Waals surface area contributed by atoms with Crippen molar-refractivity contribution in [2.45, 2.75) is 40.0 Å². The van der Waals surface area contributed by atoms with Gasteiger partial charge in [-0.15, -0.1) is 0 Å². The van der Waals surface area contributed by atoms with Crippen LogP contribution in [0.4, 0.5) is 10.2 Å². The second-order valence-corrected chi connectivity index (χ2v) is 7.76. The maximum atomic E-state index is 13.1. The molecular weight excluding hydrogens is 341 g/mol. The van der Waals surface area contributed by atoms with Gasteiger partial charge >= 0.3 is 0 Å². The molecule has 3 rings (SSSR count). The molecule has 0 spiro atoms. The molecule has 5 heteroatoms. The molecule has 0 aliphatic heterocycles. The molecule has 1 N–H and O–H groups in total. The van der Waals surface area contributed by atoms with E-state index in [0.717, 1.165) is 22.5 Å². The highest BCUT2D eigenvalue weighted by molar-refractivity contribution is 6.04. The third kappa shape index (κ3) is 3.92. The van der Waals surface area contributed by atoms with E-state index in [-0.39, 0.29) is 17.1 Å². The highest BCUT2D eigenvalue weighted by Gasteiger charge is 2.22. The third-order valence-electron chi connectivity index (χ3n) is 4.63. The monoisotopic (exact) mass is 365 g/mol. The van der Waals surface area contributed by atoms with Gasteiger partial charge in [0.05, 0.1) is 11.4 Å². The van der Waals surface area contributed by atoms with Crippen molar-refractivity contribution in [3.8, 4) is 5.69 Å². The number of hydrogen-bond donors (Lipinski definition) is 1. The normalized spacial score (nSPS) is 11.5. The Morgan fingerprint density at radius 1 is 1.07 bits per heavy atom. The molecule has 0 atom stereocenters. The summed E-state index contributed by atoms with van der Waals surface area (Å²) >= 11 is 0. The van der Waals surface area contributed by atoms with E-state index in [4.69, 9.17) is 5.10 Å². The SMILES string of the molecule is Cc1cccc(-n2nc(C(C)(C)C)cc2NC(=O)c2ccc(F)cc2)c1C. The van der Waals surface area contributed by atoms with Crippen molar-refractivity contribution in [1.29, 1.82) is 0 Å². The predicted octanol–water partition coefficient (Wildman–Crippen LogP) is 5.18. The van der Waals surface area contributed by atoms with E-state index in [1.54, 1.807) is 4.68 Å². The van der Waals surface area contributed by atoms with E-state index >= 15 is 0 Å². The number of carbonyl (C=O) groups excluding carboxylic acids is 1. The van der Waals surface area contributed by atoms with E-state index < -0.39 is 0 Å². The van der Waals surface area contributed by atoms with Crippen LogP contribution in [-0.4, -0.2) is 15.7 Å². The van der Waals surface area contributed by atoms with Crippen molar-refractivity contribution in [3.05, 3.63) is 76.7 Å². The van der Waals surface area contributed by atoms with Gasteiger partial charge in [0.15, 0.2) is 0 Å². The summed E-state index contributed by atoms with van der Waals surface area (Å²) in [6.07, 6.45) is 0. The number of anilines is 1. The summed E-state index contributed by atoms with van der Waals surface area (Å²) in [7, 11) is 0. The Kier molecular flexibility index (Phi) is 4.87. The van der Waals surface area contributed by atoms with Crippen LogP contribution in [0, 0.1) is 19.7 Å². The van der Waals surface area contributed by atoms with Crippen molar-refractivity contribution in [3.63, 3.8) is 0 Å². The van der Waals surface area contributed by atoms with Crippen LogP contribution in [0.5, 0.6) is 0 Å². The summed E-state index contributed by atoms with van der Waals surface area (Å²) in [4.78, 5) is 12.6. The van der Waals surface area contributed by atoms with Crippen molar-refractivity contribution < 1.29 is 9.18 Å². The summed E-state index contributed by atoms with van der Waals surface area (Å²) in [5.41, 5.74) is 4.26. The lowest BCUT2D eigenvalue weighted by Crippen LogP contribution is -2.16. The average molecular weight is 365 g/mol. The zero-order valence-corrected chi connectivity index (χ0v) is 16.3. The van der Waals surface area contributed by atoms with Gasteiger partial charge in [0.2, 0.25) is 0 Å². The quantitative estimate of drug-likeness (QED) is 0.695. The first-order chi connectivity index (χ1) is 12.7. The summed E-state index contributed by atoms with van der Waals surface area (Å²) in [6.45, 7) is 10.3. The number of aryl methyl sites for hydroxylation is 1. The Bertz CT molecular complexity index is 982. The van der Waals surface area contributed by atoms with Gasteiger partial charge in [-0.1, -0.05) is 32.9 Å². The standard InChI is InChI=1S/C22H24FN3O/c1-14-7-6-8-18(15(14)2)26-20(13-19(25-26)22(3,4)5)24-21(27)16-9-11-17(23)12-10-16/h6-13H,1-5H3,(H,24,27). The van der Waals surface area contributed by atoms with Crippen LogP contribution in [0.25, 0.3) is 5.69 Å². The first kappa shape index (κ1) is 18.8. The van der Waals surface area contributed by atoms with Gasteiger partial charge in [-0.3, -0.25) is 4.79 Å². The Hall–Kier alpha value is -2.95. The van der Waals surface area contributed by atoms with E-state index in [2.05, 4.69) is 26.1 Å². The Balaban J connectivity index is 2.05. The smallest absolute Gasteiger partial charge is 0.256 e. The zero-order valence-electron chi connectivity index (χ0n) is 16.3. The first-order valence-corrected chi connectivity index (χ1v) is 8.91. The third-order valence-corrected chi connectivity index (χ3v) is 4.63. The molecule has 0 aliphatic carbocycles. The highest BCUT2D eigenvalue weighted by Crippen LogP contribution is 2.28. The fourth-order valence-corrected chi connectivity index (χ4v) is 2.78. The number of amides is 1. The molecule has 0 radical (unpaired) electrons. The molecule has 27 heavy (non-hydrogen) atoms. The van der Waals surface area contributed by atoms with Crippen molar-refractivity contribution in [1.82, 2.24) is 9.78 Å². The summed E-state index contributed by atoms with van der Waals surface area (Å²) in [6, 6.07) is 13.4. The van der Waals surface area contributed by atoms with Gasteiger partial charge in [0.25, 0.3) is 5.91 Å². The van der Waals surface area contributed by atoms with Crippen molar-refractivity contribution >= 4 is 11.7 Å². The van der Waals surface area contributed by atoms with Crippen LogP contribution in [0.2, 0.25) is 0 Å². The molecule has 0 saturated carbocycles. The minimum Gasteiger partial charge on any atom is -0.306 e. The van der Waals surface area contributed by atoms with Gasteiger partial charge in [0.1, 0.15) is 11.6 Å². The maximum absolute atomic E-state index is 13.1. The van der Waals surface area contributed by atoms with Crippen LogP contribution >= 0.6 is 0 Å². The summed E-state index contributed by atoms with van der Waals surface area (Å²) in [5.74, 6) is -0.0909. The molecule has 0 bridgehead atoms. The number of aromatic nitrogens is 2. The van der Waals surface area contributed by atoms with Crippen LogP contribution in [0.3, 0.4) is 0 Å². The molecule has 3 aromatic rings. The van der Waals surface area contributed by atoms with E-state index in [0.29, 0.717) is 11.4 Å².